The molecule has 100 valence electrons. The van der Waals surface area contributed by atoms with Crippen LogP contribution < -0.4 is 0 Å². The summed E-state index contributed by atoms with van der Waals surface area (Å²) in [6.45, 7) is 0. The number of aromatic nitrogens is 1. The maximum absolute atomic E-state index is 13.0. The van der Waals surface area contributed by atoms with E-state index in [-0.39, 0.29) is 17.2 Å². The predicted octanol–water partition coefficient (Wildman–Crippen LogP) is 4.51. The highest BCUT2D eigenvalue weighted by Gasteiger charge is 2.14. The number of benzene rings is 2. The Morgan fingerprint density at radius 1 is 1.25 bits per heavy atom. The molecule has 1 aromatic heterocycles. The number of Topliss-reactive ketones (excluding diaryl/α,β-unsaturated/α-hetero) is 1. The molecule has 0 amide bonds. The van der Waals surface area contributed by atoms with E-state index in [1.807, 2.05) is 24.3 Å². The summed E-state index contributed by atoms with van der Waals surface area (Å²) in [5, 5.41) is 0.868. The summed E-state index contributed by atoms with van der Waals surface area (Å²) in [7, 11) is 0. The third-order valence-corrected chi connectivity index (χ3v) is 4.23. The average Bonchev–Trinajstić information content (AvgIpc) is 2.80. The van der Waals surface area contributed by atoms with Gasteiger partial charge in [-0.05, 0) is 30.3 Å². The van der Waals surface area contributed by atoms with Crippen LogP contribution in [0.3, 0.4) is 0 Å². The Hall–Kier alpha value is -1.78. The lowest BCUT2D eigenvalue weighted by Gasteiger charge is -2.01. The van der Waals surface area contributed by atoms with E-state index in [1.54, 1.807) is 0 Å². The van der Waals surface area contributed by atoms with Gasteiger partial charge in [0.1, 0.15) is 10.8 Å². The molecule has 0 aliphatic heterocycles. The zero-order valence-electron chi connectivity index (χ0n) is 10.3. The molecule has 0 spiro atoms. The first-order valence-corrected chi connectivity index (χ1v) is 7.15. The number of halogens is 2. The van der Waals surface area contributed by atoms with Crippen molar-refractivity contribution in [2.75, 3.05) is 0 Å². The molecule has 5 heteroatoms. The lowest BCUT2D eigenvalue weighted by atomic mass is 10.1. The highest BCUT2D eigenvalue weighted by molar-refractivity contribution is 7.18. The highest BCUT2D eigenvalue weighted by atomic mass is 35.5. The Kier molecular flexibility index (Phi) is 3.51. The molecule has 20 heavy (non-hydrogen) atoms. The zero-order valence-corrected chi connectivity index (χ0v) is 11.8. The van der Waals surface area contributed by atoms with Crippen LogP contribution in [0.5, 0.6) is 0 Å². The minimum Gasteiger partial charge on any atom is -0.294 e. The number of para-hydroxylation sites is 1. The van der Waals surface area contributed by atoms with Crippen molar-refractivity contribution in [1.29, 1.82) is 0 Å². The SMILES string of the molecule is O=C(Cc1nc2ccccc2s1)c1ccc(F)cc1Cl. The molecule has 3 aromatic rings. The minimum atomic E-state index is -0.452. The van der Waals surface area contributed by atoms with Gasteiger partial charge in [-0.2, -0.15) is 0 Å². The van der Waals surface area contributed by atoms with Gasteiger partial charge in [-0.25, -0.2) is 9.37 Å². The van der Waals surface area contributed by atoms with E-state index in [0.29, 0.717) is 5.56 Å². The molecular weight excluding hydrogens is 297 g/mol. The van der Waals surface area contributed by atoms with E-state index >= 15 is 0 Å². The summed E-state index contributed by atoms with van der Waals surface area (Å²) in [4.78, 5) is 16.6. The van der Waals surface area contributed by atoms with Crippen LogP contribution in [-0.4, -0.2) is 10.8 Å². The number of nitrogens with zero attached hydrogens (tertiary/aromatic N) is 1. The summed E-state index contributed by atoms with van der Waals surface area (Å²) < 4.78 is 14.0. The van der Waals surface area contributed by atoms with Crippen molar-refractivity contribution < 1.29 is 9.18 Å². The molecule has 0 aliphatic rings. The Morgan fingerprint density at radius 3 is 2.80 bits per heavy atom. The van der Waals surface area contributed by atoms with Gasteiger partial charge < -0.3 is 0 Å². The topological polar surface area (TPSA) is 30.0 Å². The van der Waals surface area contributed by atoms with Crippen LogP contribution in [0.2, 0.25) is 5.02 Å². The second-order valence-electron chi connectivity index (χ2n) is 4.30. The Bertz CT molecular complexity index is 766. The maximum Gasteiger partial charge on any atom is 0.171 e. The smallest absolute Gasteiger partial charge is 0.171 e. The van der Waals surface area contributed by atoms with E-state index in [9.17, 15) is 9.18 Å². The number of hydrogen-bond acceptors (Lipinski definition) is 3. The van der Waals surface area contributed by atoms with Crippen LogP contribution in [0, 0.1) is 5.82 Å². The number of carbonyl (C=O) groups is 1. The average molecular weight is 306 g/mol. The fourth-order valence-electron chi connectivity index (χ4n) is 1.94. The fraction of sp³-hybridized carbons (Fsp3) is 0.0667. The minimum absolute atomic E-state index is 0.135. The van der Waals surface area contributed by atoms with Crippen LogP contribution in [0.1, 0.15) is 15.4 Å². The first kappa shape index (κ1) is 13.2. The first-order chi connectivity index (χ1) is 9.63. The van der Waals surface area contributed by atoms with Crippen LogP contribution >= 0.6 is 22.9 Å². The largest absolute Gasteiger partial charge is 0.294 e. The zero-order chi connectivity index (χ0) is 14.1. The maximum atomic E-state index is 13.0. The summed E-state index contributed by atoms with van der Waals surface area (Å²) >= 11 is 7.37. The van der Waals surface area contributed by atoms with Crippen molar-refractivity contribution in [2.24, 2.45) is 0 Å². The van der Waals surface area contributed by atoms with Gasteiger partial charge in [-0.15, -0.1) is 11.3 Å². The summed E-state index contributed by atoms with van der Waals surface area (Å²) in [5.74, 6) is -0.611. The van der Waals surface area contributed by atoms with Gasteiger partial charge in [0.2, 0.25) is 0 Å². The van der Waals surface area contributed by atoms with Crippen LogP contribution in [0.25, 0.3) is 10.2 Å². The quantitative estimate of drug-likeness (QED) is 0.666. The molecule has 0 atom stereocenters. The van der Waals surface area contributed by atoms with Gasteiger partial charge in [0, 0.05) is 5.56 Å². The van der Waals surface area contributed by atoms with Crippen molar-refractivity contribution in [1.82, 2.24) is 4.98 Å². The molecule has 0 bridgehead atoms. The van der Waals surface area contributed by atoms with E-state index in [2.05, 4.69) is 4.98 Å². The highest BCUT2D eigenvalue weighted by Crippen LogP contribution is 2.24. The van der Waals surface area contributed by atoms with Crippen molar-refractivity contribution >= 4 is 38.9 Å². The molecule has 2 nitrogen and oxygen atoms in total. The van der Waals surface area contributed by atoms with Crippen LogP contribution in [0.4, 0.5) is 4.39 Å². The summed E-state index contributed by atoms with van der Waals surface area (Å²) in [6, 6.07) is 11.5. The van der Waals surface area contributed by atoms with Gasteiger partial charge in [-0.3, -0.25) is 4.79 Å². The first-order valence-electron chi connectivity index (χ1n) is 5.96. The van der Waals surface area contributed by atoms with E-state index < -0.39 is 5.82 Å². The molecule has 2 aromatic carbocycles. The van der Waals surface area contributed by atoms with Gasteiger partial charge >= 0.3 is 0 Å². The number of thiazole rings is 1. The van der Waals surface area contributed by atoms with Gasteiger partial charge in [0.15, 0.2) is 5.78 Å². The van der Waals surface area contributed by atoms with E-state index in [0.717, 1.165) is 21.3 Å². The van der Waals surface area contributed by atoms with E-state index in [1.165, 1.54) is 23.5 Å². The molecule has 0 N–H and O–H groups in total. The third-order valence-electron chi connectivity index (χ3n) is 2.88. The standard InChI is InChI=1S/C15H9ClFNOS/c16-11-7-9(17)5-6-10(11)13(19)8-15-18-12-3-1-2-4-14(12)20-15/h1-7H,8H2. The second-order valence-corrected chi connectivity index (χ2v) is 5.82. The molecule has 0 unspecified atom stereocenters. The molecule has 0 saturated carbocycles. The number of rotatable bonds is 3. The predicted molar refractivity (Wildman–Crippen MR) is 79.1 cm³/mol. The molecular formula is C15H9ClFNOS. The third kappa shape index (κ3) is 2.57. The monoisotopic (exact) mass is 305 g/mol. The van der Waals surface area contributed by atoms with E-state index in [4.69, 9.17) is 11.6 Å². The normalized spacial score (nSPS) is 10.9. The van der Waals surface area contributed by atoms with Crippen molar-refractivity contribution in [3.8, 4) is 0 Å². The van der Waals surface area contributed by atoms with Gasteiger partial charge in [-0.1, -0.05) is 23.7 Å². The fourth-order valence-corrected chi connectivity index (χ4v) is 3.18. The Balaban J connectivity index is 1.88. The number of hydrogen-bond donors (Lipinski definition) is 0. The molecule has 0 aliphatic carbocycles. The van der Waals surface area contributed by atoms with Crippen molar-refractivity contribution in [2.45, 2.75) is 6.42 Å². The van der Waals surface area contributed by atoms with Gasteiger partial charge in [0.05, 0.1) is 21.7 Å². The molecule has 0 radical (unpaired) electrons. The van der Waals surface area contributed by atoms with Crippen LogP contribution in [0.15, 0.2) is 42.5 Å². The van der Waals surface area contributed by atoms with Crippen molar-refractivity contribution in [3.05, 3.63) is 63.9 Å². The molecule has 0 fully saturated rings. The lowest BCUT2D eigenvalue weighted by Crippen LogP contribution is -2.04. The number of fused-ring (bicyclic) bond motifs is 1. The molecule has 1 heterocycles. The summed E-state index contributed by atoms with van der Waals surface area (Å²) in [5.41, 5.74) is 1.21. The van der Waals surface area contributed by atoms with Gasteiger partial charge in [0.25, 0.3) is 0 Å². The van der Waals surface area contributed by atoms with Crippen molar-refractivity contribution in [3.63, 3.8) is 0 Å². The Morgan fingerprint density at radius 2 is 2.05 bits per heavy atom. The molecule has 0 saturated heterocycles. The Labute approximate surface area is 123 Å². The lowest BCUT2D eigenvalue weighted by molar-refractivity contribution is 0.0993. The second kappa shape index (κ2) is 5.31. The number of ketones is 1. The number of carbonyl (C=O) groups excluding carboxylic acids is 1. The van der Waals surface area contributed by atoms with Crippen LogP contribution in [-0.2, 0) is 6.42 Å². The molecule has 3 rings (SSSR count). The summed E-state index contributed by atoms with van der Waals surface area (Å²) in [6.07, 6.45) is 0.171.